The van der Waals surface area contributed by atoms with Gasteiger partial charge in [0.2, 0.25) is 0 Å². The summed E-state index contributed by atoms with van der Waals surface area (Å²) in [7, 11) is 1.82. The van der Waals surface area contributed by atoms with E-state index < -0.39 is 0 Å². The van der Waals surface area contributed by atoms with Crippen molar-refractivity contribution in [2.24, 2.45) is 10.9 Å². The second-order valence-electron chi connectivity index (χ2n) is 7.38. The third-order valence-electron chi connectivity index (χ3n) is 5.29. The molecule has 2 N–H and O–H groups in total. The van der Waals surface area contributed by atoms with Crippen molar-refractivity contribution in [3.63, 3.8) is 0 Å². The average Bonchev–Trinajstić information content (AvgIpc) is 3.22. The summed E-state index contributed by atoms with van der Waals surface area (Å²) in [6.07, 6.45) is 3.27. The van der Waals surface area contributed by atoms with Crippen LogP contribution in [-0.4, -0.2) is 70.5 Å². The minimum Gasteiger partial charge on any atom is -0.381 e. The summed E-state index contributed by atoms with van der Waals surface area (Å²) in [5.41, 5.74) is 2.97. The summed E-state index contributed by atoms with van der Waals surface area (Å²) >= 11 is 0. The Balaban J connectivity index is 1.23. The van der Waals surface area contributed by atoms with E-state index in [9.17, 15) is 0 Å². The predicted octanol–water partition coefficient (Wildman–Crippen LogP) is 1.65. The van der Waals surface area contributed by atoms with Crippen molar-refractivity contribution in [3.05, 3.63) is 35.4 Å². The highest BCUT2D eigenvalue weighted by molar-refractivity contribution is 5.79. The fourth-order valence-electron chi connectivity index (χ4n) is 3.64. The van der Waals surface area contributed by atoms with E-state index in [2.05, 4.69) is 44.8 Å². The lowest BCUT2D eigenvalue weighted by Gasteiger charge is -2.28. The molecule has 0 amide bonds. The molecule has 0 radical (unpaired) electrons. The van der Waals surface area contributed by atoms with E-state index in [0.717, 1.165) is 84.4 Å². The number of nitrogens with one attached hydrogen (secondary N) is 2. The standard InChI is InChI=1S/C21H34N4O2/c1-22-21(23-9-4-13-26-16-18-8-14-27-17-18)24-10-12-25-11-7-19-5-2-3-6-20(19)15-25/h2-3,5-6,18H,4,7-17H2,1H3,(H2,22,23,24). The second kappa shape index (κ2) is 11.3. The Bertz CT molecular complexity index is 587. The number of hydrogen-bond acceptors (Lipinski definition) is 4. The van der Waals surface area contributed by atoms with Gasteiger partial charge in [-0.05, 0) is 30.4 Å². The second-order valence-corrected chi connectivity index (χ2v) is 7.38. The predicted molar refractivity (Wildman–Crippen MR) is 109 cm³/mol. The monoisotopic (exact) mass is 374 g/mol. The highest BCUT2D eigenvalue weighted by atomic mass is 16.5. The van der Waals surface area contributed by atoms with Gasteiger partial charge < -0.3 is 20.1 Å². The van der Waals surface area contributed by atoms with Gasteiger partial charge in [0.25, 0.3) is 0 Å². The third-order valence-corrected chi connectivity index (χ3v) is 5.29. The first-order chi connectivity index (χ1) is 13.3. The Kier molecular flexibility index (Phi) is 8.39. The van der Waals surface area contributed by atoms with Crippen molar-refractivity contribution >= 4 is 5.96 Å². The molecule has 2 aliphatic heterocycles. The molecule has 2 aliphatic rings. The van der Waals surface area contributed by atoms with Crippen LogP contribution in [0.1, 0.15) is 24.0 Å². The van der Waals surface area contributed by atoms with Crippen LogP contribution in [0.25, 0.3) is 0 Å². The first-order valence-electron chi connectivity index (χ1n) is 10.2. The summed E-state index contributed by atoms with van der Waals surface area (Å²) in [4.78, 5) is 6.81. The van der Waals surface area contributed by atoms with E-state index in [1.165, 1.54) is 11.1 Å². The Morgan fingerprint density at radius 3 is 2.93 bits per heavy atom. The Labute approximate surface area is 163 Å². The van der Waals surface area contributed by atoms with E-state index in [1.54, 1.807) is 0 Å². The largest absolute Gasteiger partial charge is 0.381 e. The first kappa shape index (κ1) is 20.1. The van der Waals surface area contributed by atoms with Crippen molar-refractivity contribution in [3.8, 4) is 0 Å². The molecule has 1 unspecified atom stereocenters. The zero-order valence-corrected chi connectivity index (χ0v) is 16.6. The van der Waals surface area contributed by atoms with Gasteiger partial charge in [-0.25, -0.2) is 0 Å². The SMILES string of the molecule is CN=C(NCCCOCC1CCOC1)NCCN1CCc2ccccc2C1. The van der Waals surface area contributed by atoms with Gasteiger partial charge in [0.05, 0.1) is 13.2 Å². The van der Waals surface area contributed by atoms with Crippen LogP contribution in [0.2, 0.25) is 0 Å². The van der Waals surface area contributed by atoms with Crippen LogP contribution in [0, 0.1) is 5.92 Å². The Morgan fingerprint density at radius 2 is 2.11 bits per heavy atom. The van der Waals surface area contributed by atoms with Gasteiger partial charge in [-0.2, -0.15) is 0 Å². The van der Waals surface area contributed by atoms with Gasteiger partial charge in [-0.3, -0.25) is 9.89 Å². The molecule has 1 aromatic carbocycles. The summed E-state index contributed by atoms with van der Waals surface area (Å²) in [5.74, 6) is 1.46. The lowest BCUT2D eigenvalue weighted by atomic mass is 10.00. The number of rotatable bonds is 9. The molecule has 150 valence electrons. The highest BCUT2D eigenvalue weighted by Crippen LogP contribution is 2.17. The van der Waals surface area contributed by atoms with Crippen LogP contribution < -0.4 is 10.6 Å². The maximum atomic E-state index is 5.74. The highest BCUT2D eigenvalue weighted by Gasteiger charge is 2.16. The normalized spacial score (nSPS) is 20.5. The third kappa shape index (κ3) is 6.79. The summed E-state index contributed by atoms with van der Waals surface area (Å²) in [6, 6.07) is 8.77. The van der Waals surface area contributed by atoms with Gasteiger partial charge in [0, 0.05) is 58.9 Å². The van der Waals surface area contributed by atoms with Crippen molar-refractivity contribution in [1.82, 2.24) is 15.5 Å². The molecular formula is C21H34N4O2. The molecule has 1 saturated heterocycles. The summed E-state index contributed by atoms with van der Waals surface area (Å²) in [6.45, 7) is 8.35. The first-order valence-corrected chi connectivity index (χ1v) is 10.2. The molecule has 3 rings (SSSR count). The molecule has 2 heterocycles. The minimum atomic E-state index is 0.592. The maximum absolute atomic E-state index is 5.74. The number of guanidine groups is 1. The van der Waals surface area contributed by atoms with Crippen LogP contribution in [-0.2, 0) is 22.4 Å². The van der Waals surface area contributed by atoms with Crippen molar-refractivity contribution in [2.45, 2.75) is 25.8 Å². The lowest BCUT2D eigenvalue weighted by molar-refractivity contribution is 0.0888. The van der Waals surface area contributed by atoms with Crippen molar-refractivity contribution in [2.75, 3.05) is 59.7 Å². The van der Waals surface area contributed by atoms with Crippen LogP contribution in [0.4, 0.5) is 0 Å². The molecule has 0 spiro atoms. The van der Waals surface area contributed by atoms with E-state index in [1.807, 2.05) is 7.05 Å². The number of hydrogen-bond donors (Lipinski definition) is 2. The van der Waals surface area contributed by atoms with E-state index in [-0.39, 0.29) is 0 Å². The molecule has 1 atom stereocenters. The number of benzene rings is 1. The van der Waals surface area contributed by atoms with Crippen LogP contribution in [0.5, 0.6) is 0 Å². The topological polar surface area (TPSA) is 58.1 Å². The smallest absolute Gasteiger partial charge is 0.191 e. The van der Waals surface area contributed by atoms with Crippen LogP contribution >= 0.6 is 0 Å². The molecule has 1 fully saturated rings. The zero-order valence-electron chi connectivity index (χ0n) is 16.6. The molecule has 1 aromatic rings. The summed E-state index contributed by atoms with van der Waals surface area (Å²) in [5, 5.41) is 6.78. The van der Waals surface area contributed by atoms with Crippen molar-refractivity contribution < 1.29 is 9.47 Å². The molecule has 0 aliphatic carbocycles. The van der Waals surface area contributed by atoms with E-state index in [4.69, 9.17) is 9.47 Å². The molecule has 6 nitrogen and oxygen atoms in total. The quantitative estimate of drug-likeness (QED) is 0.391. The molecule has 0 bridgehead atoms. The number of ether oxygens (including phenoxy) is 2. The van der Waals surface area contributed by atoms with Crippen LogP contribution in [0.3, 0.4) is 0 Å². The molecular weight excluding hydrogens is 340 g/mol. The number of nitrogens with zero attached hydrogens (tertiary/aromatic N) is 2. The number of aliphatic imine (C=N–C) groups is 1. The average molecular weight is 375 g/mol. The van der Waals surface area contributed by atoms with Gasteiger partial charge >= 0.3 is 0 Å². The maximum Gasteiger partial charge on any atom is 0.191 e. The summed E-state index contributed by atoms with van der Waals surface area (Å²) < 4.78 is 11.1. The van der Waals surface area contributed by atoms with Crippen LogP contribution in [0.15, 0.2) is 29.3 Å². The van der Waals surface area contributed by atoms with Gasteiger partial charge in [0.15, 0.2) is 5.96 Å². The molecule has 0 saturated carbocycles. The fraction of sp³-hybridized carbons (Fsp3) is 0.667. The van der Waals surface area contributed by atoms with E-state index in [0.29, 0.717) is 5.92 Å². The van der Waals surface area contributed by atoms with Gasteiger partial charge in [0.1, 0.15) is 0 Å². The number of fused-ring (bicyclic) bond motifs is 1. The Morgan fingerprint density at radius 1 is 1.26 bits per heavy atom. The zero-order chi connectivity index (χ0) is 18.7. The molecule has 6 heteroatoms. The van der Waals surface area contributed by atoms with Crippen molar-refractivity contribution in [1.29, 1.82) is 0 Å². The van der Waals surface area contributed by atoms with Gasteiger partial charge in [-0.1, -0.05) is 24.3 Å². The Hall–Kier alpha value is -1.63. The van der Waals surface area contributed by atoms with E-state index >= 15 is 0 Å². The molecule has 27 heavy (non-hydrogen) atoms. The minimum absolute atomic E-state index is 0.592. The van der Waals surface area contributed by atoms with Gasteiger partial charge in [-0.15, -0.1) is 0 Å². The fourth-order valence-corrected chi connectivity index (χ4v) is 3.64. The molecule has 0 aromatic heterocycles. The lowest BCUT2D eigenvalue weighted by Crippen LogP contribution is -2.43.